The molecule has 1 amide bonds. The van der Waals surface area contributed by atoms with Crippen molar-refractivity contribution < 1.29 is 9.53 Å². The van der Waals surface area contributed by atoms with Gasteiger partial charge in [-0.25, -0.2) is 0 Å². The van der Waals surface area contributed by atoms with Gasteiger partial charge in [0.25, 0.3) is 0 Å². The van der Waals surface area contributed by atoms with Crippen LogP contribution in [0.5, 0.6) is 5.75 Å². The maximum absolute atomic E-state index is 11.9. The van der Waals surface area contributed by atoms with Gasteiger partial charge in [-0.2, -0.15) is 0 Å². The first-order chi connectivity index (χ1) is 10.0. The molecule has 0 heterocycles. The minimum Gasteiger partial charge on any atom is -0.489 e. The van der Waals surface area contributed by atoms with E-state index < -0.39 is 0 Å². The Balaban J connectivity index is 1.69. The van der Waals surface area contributed by atoms with E-state index in [4.69, 9.17) is 22.1 Å². The molecule has 1 aromatic rings. The van der Waals surface area contributed by atoms with E-state index in [1.165, 1.54) is 0 Å². The summed E-state index contributed by atoms with van der Waals surface area (Å²) in [6.07, 6.45) is 3.66. The Morgan fingerprint density at radius 2 is 2.14 bits per heavy atom. The van der Waals surface area contributed by atoms with Crippen LogP contribution in [0, 0.1) is 5.92 Å². The van der Waals surface area contributed by atoms with Crippen LogP contribution in [0.1, 0.15) is 32.6 Å². The molecule has 1 saturated carbocycles. The van der Waals surface area contributed by atoms with Crippen LogP contribution < -0.4 is 15.8 Å². The molecule has 0 saturated heterocycles. The number of halogens is 1. The summed E-state index contributed by atoms with van der Waals surface area (Å²) in [7, 11) is 0. The minimum atomic E-state index is -0.0904. The predicted octanol–water partition coefficient (Wildman–Crippen LogP) is 2.74. The fourth-order valence-corrected chi connectivity index (χ4v) is 2.80. The van der Waals surface area contributed by atoms with Crippen LogP contribution in [0.15, 0.2) is 24.3 Å². The summed E-state index contributed by atoms with van der Waals surface area (Å²) in [4.78, 5) is 11.9. The van der Waals surface area contributed by atoms with E-state index in [-0.39, 0.29) is 18.1 Å². The molecule has 0 radical (unpaired) electrons. The van der Waals surface area contributed by atoms with E-state index in [9.17, 15) is 4.79 Å². The molecule has 3 N–H and O–H groups in total. The molecule has 1 aliphatic carbocycles. The van der Waals surface area contributed by atoms with Crippen molar-refractivity contribution in [2.45, 2.75) is 44.8 Å². The summed E-state index contributed by atoms with van der Waals surface area (Å²) in [6, 6.07) is 7.38. The van der Waals surface area contributed by atoms with Crippen LogP contribution in [0.25, 0.3) is 0 Å². The van der Waals surface area contributed by atoms with Gasteiger partial charge in [0.2, 0.25) is 5.91 Å². The van der Waals surface area contributed by atoms with Gasteiger partial charge in [0.05, 0.1) is 6.54 Å². The normalized spacial score (nSPS) is 22.8. The molecule has 21 heavy (non-hydrogen) atoms. The Kier molecular flexibility index (Phi) is 5.88. The molecule has 1 aromatic carbocycles. The Hall–Kier alpha value is -1.26. The van der Waals surface area contributed by atoms with Crippen LogP contribution in [0.3, 0.4) is 0 Å². The number of amides is 1. The lowest BCUT2D eigenvalue weighted by Gasteiger charge is -2.18. The molecule has 1 unspecified atom stereocenters. The first-order valence-corrected chi connectivity index (χ1v) is 7.87. The third-order valence-corrected chi connectivity index (χ3v) is 4.16. The predicted molar refractivity (Wildman–Crippen MR) is 84.5 cm³/mol. The zero-order chi connectivity index (χ0) is 15.2. The van der Waals surface area contributed by atoms with Crippen molar-refractivity contribution >= 4 is 17.5 Å². The van der Waals surface area contributed by atoms with Crippen molar-refractivity contribution in [3.05, 3.63) is 29.3 Å². The SMILES string of the molecule is CC(CNC(=O)C[C@@H]1CCC[C@H]1N)Oc1ccc(Cl)cc1. The van der Waals surface area contributed by atoms with Gasteiger partial charge < -0.3 is 15.8 Å². The summed E-state index contributed by atoms with van der Waals surface area (Å²) in [5.74, 6) is 1.14. The zero-order valence-corrected chi connectivity index (χ0v) is 13.1. The molecule has 1 fully saturated rings. The molecule has 0 aliphatic heterocycles. The van der Waals surface area contributed by atoms with E-state index >= 15 is 0 Å². The summed E-state index contributed by atoms with van der Waals surface area (Å²) in [5.41, 5.74) is 5.98. The Morgan fingerprint density at radius 3 is 2.76 bits per heavy atom. The highest BCUT2D eigenvalue weighted by Crippen LogP contribution is 2.26. The Morgan fingerprint density at radius 1 is 1.43 bits per heavy atom. The lowest BCUT2D eigenvalue weighted by atomic mass is 10.00. The molecule has 4 nitrogen and oxygen atoms in total. The quantitative estimate of drug-likeness (QED) is 0.849. The summed E-state index contributed by atoms with van der Waals surface area (Å²) in [6.45, 7) is 2.42. The first-order valence-electron chi connectivity index (χ1n) is 7.49. The van der Waals surface area contributed by atoms with E-state index in [1.807, 2.05) is 19.1 Å². The molecule has 0 spiro atoms. The summed E-state index contributed by atoms with van der Waals surface area (Å²) < 4.78 is 5.71. The number of carbonyl (C=O) groups excluding carboxylic acids is 1. The number of rotatable bonds is 6. The molecular formula is C16H23ClN2O2. The van der Waals surface area contributed by atoms with E-state index in [0.717, 1.165) is 25.0 Å². The van der Waals surface area contributed by atoms with Crippen molar-refractivity contribution in [1.29, 1.82) is 0 Å². The van der Waals surface area contributed by atoms with Crippen LogP contribution >= 0.6 is 11.6 Å². The van der Waals surface area contributed by atoms with E-state index in [1.54, 1.807) is 12.1 Å². The molecule has 1 aliphatic rings. The largest absolute Gasteiger partial charge is 0.489 e. The van der Waals surface area contributed by atoms with Crippen LogP contribution in [-0.2, 0) is 4.79 Å². The maximum atomic E-state index is 11.9. The van der Waals surface area contributed by atoms with Gasteiger partial charge in [0.1, 0.15) is 11.9 Å². The Bertz CT molecular complexity index is 464. The van der Waals surface area contributed by atoms with Crippen LogP contribution in [0.2, 0.25) is 5.02 Å². The zero-order valence-electron chi connectivity index (χ0n) is 12.3. The maximum Gasteiger partial charge on any atom is 0.220 e. The second kappa shape index (κ2) is 7.66. The van der Waals surface area contributed by atoms with Crippen molar-refractivity contribution in [3.63, 3.8) is 0 Å². The third-order valence-electron chi connectivity index (χ3n) is 3.90. The molecular weight excluding hydrogens is 288 g/mol. The summed E-state index contributed by atoms with van der Waals surface area (Å²) >= 11 is 5.82. The van der Waals surface area contributed by atoms with Gasteiger partial charge in [-0.15, -0.1) is 0 Å². The van der Waals surface area contributed by atoms with Crippen LogP contribution in [-0.4, -0.2) is 24.6 Å². The lowest BCUT2D eigenvalue weighted by Crippen LogP contribution is -2.36. The highest BCUT2D eigenvalue weighted by atomic mass is 35.5. The number of benzene rings is 1. The molecule has 3 atom stereocenters. The van der Waals surface area contributed by atoms with E-state index in [0.29, 0.717) is 23.9 Å². The molecule has 116 valence electrons. The van der Waals surface area contributed by atoms with Gasteiger partial charge in [-0.1, -0.05) is 18.0 Å². The number of nitrogens with one attached hydrogen (secondary N) is 1. The molecule has 0 bridgehead atoms. The van der Waals surface area contributed by atoms with Gasteiger partial charge in [-0.3, -0.25) is 4.79 Å². The lowest BCUT2D eigenvalue weighted by molar-refractivity contribution is -0.122. The minimum absolute atomic E-state index is 0.0592. The second-order valence-electron chi connectivity index (χ2n) is 5.75. The molecule has 0 aromatic heterocycles. The average Bonchev–Trinajstić information content (AvgIpc) is 2.85. The number of ether oxygens (including phenoxy) is 1. The molecule has 2 rings (SSSR count). The van der Waals surface area contributed by atoms with Crippen molar-refractivity contribution in [1.82, 2.24) is 5.32 Å². The van der Waals surface area contributed by atoms with Gasteiger partial charge in [0.15, 0.2) is 0 Å². The standard InChI is InChI=1S/C16H23ClN2O2/c1-11(21-14-7-5-13(17)6-8-14)10-19-16(20)9-12-3-2-4-15(12)18/h5-8,11-12,15H,2-4,9-10,18H2,1H3,(H,19,20)/t11?,12-,15+/m0/s1. The number of nitrogens with two attached hydrogens (primary N) is 1. The van der Waals surface area contributed by atoms with E-state index in [2.05, 4.69) is 5.32 Å². The van der Waals surface area contributed by atoms with Crippen molar-refractivity contribution in [3.8, 4) is 5.75 Å². The highest BCUT2D eigenvalue weighted by Gasteiger charge is 2.26. The Labute approximate surface area is 131 Å². The highest BCUT2D eigenvalue weighted by molar-refractivity contribution is 6.30. The first kappa shape index (κ1) is 16.1. The smallest absolute Gasteiger partial charge is 0.220 e. The topological polar surface area (TPSA) is 64.4 Å². The van der Waals surface area contributed by atoms with Crippen LogP contribution in [0.4, 0.5) is 0 Å². The monoisotopic (exact) mass is 310 g/mol. The fourth-order valence-electron chi connectivity index (χ4n) is 2.67. The van der Waals surface area contributed by atoms with Crippen molar-refractivity contribution in [2.24, 2.45) is 11.7 Å². The van der Waals surface area contributed by atoms with Gasteiger partial charge in [-0.05, 0) is 49.9 Å². The average molecular weight is 311 g/mol. The number of carbonyl (C=O) groups is 1. The fraction of sp³-hybridized carbons (Fsp3) is 0.562. The van der Waals surface area contributed by atoms with Gasteiger partial charge in [0, 0.05) is 17.5 Å². The summed E-state index contributed by atoms with van der Waals surface area (Å²) in [5, 5.41) is 3.59. The number of hydrogen-bond donors (Lipinski definition) is 2. The second-order valence-corrected chi connectivity index (χ2v) is 6.18. The third kappa shape index (κ3) is 5.21. The van der Waals surface area contributed by atoms with Gasteiger partial charge >= 0.3 is 0 Å². The number of hydrogen-bond acceptors (Lipinski definition) is 3. The molecule has 5 heteroatoms. The van der Waals surface area contributed by atoms with Crippen molar-refractivity contribution in [2.75, 3.05) is 6.54 Å².